The molecule has 0 amide bonds. The summed E-state index contributed by atoms with van der Waals surface area (Å²) in [6.07, 6.45) is 0. The van der Waals surface area contributed by atoms with Gasteiger partial charge >= 0.3 is 5.97 Å². The summed E-state index contributed by atoms with van der Waals surface area (Å²) in [4.78, 5) is 13.8. The second-order valence-corrected chi connectivity index (χ2v) is 5.22. The van der Waals surface area contributed by atoms with Crippen LogP contribution in [0.25, 0.3) is 0 Å². The number of carbonyl (C=O) groups is 1. The molecule has 0 aliphatic carbocycles. The van der Waals surface area contributed by atoms with Crippen LogP contribution in [0.2, 0.25) is 0 Å². The van der Waals surface area contributed by atoms with Crippen molar-refractivity contribution in [2.45, 2.75) is 33.2 Å². The molecule has 19 heavy (non-hydrogen) atoms. The molecule has 0 N–H and O–H groups in total. The molecule has 4 nitrogen and oxygen atoms in total. The highest BCUT2D eigenvalue weighted by Gasteiger charge is 2.34. The Labute approximate surface area is 115 Å². The number of methoxy groups -OCH3 is 2. The third-order valence-corrected chi connectivity index (χ3v) is 3.60. The van der Waals surface area contributed by atoms with Gasteiger partial charge in [0.25, 0.3) is 0 Å². The summed E-state index contributed by atoms with van der Waals surface area (Å²) in [5, 5.41) is 0. The number of benzene rings is 1. The van der Waals surface area contributed by atoms with Gasteiger partial charge in [0.2, 0.25) is 0 Å². The van der Waals surface area contributed by atoms with Gasteiger partial charge in [-0.3, -0.25) is 0 Å². The maximum absolute atomic E-state index is 11.9. The Kier molecular flexibility index (Phi) is 4.45. The molecule has 0 saturated heterocycles. The molecule has 0 fully saturated rings. The highest BCUT2D eigenvalue weighted by atomic mass is 16.5. The van der Waals surface area contributed by atoms with E-state index in [4.69, 9.17) is 9.47 Å². The zero-order chi connectivity index (χ0) is 14.8. The zero-order valence-electron chi connectivity index (χ0n) is 12.8. The summed E-state index contributed by atoms with van der Waals surface area (Å²) in [7, 11) is 4.96. The first kappa shape index (κ1) is 15.3. The van der Waals surface area contributed by atoms with Gasteiger partial charge in [-0.15, -0.1) is 0 Å². The fourth-order valence-electron chi connectivity index (χ4n) is 2.04. The molecule has 0 unspecified atom stereocenters. The van der Waals surface area contributed by atoms with Crippen LogP contribution in [0.5, 0.6) is 5.75 Å². The monoisotopic (exact) mass is 265 g/mol. The van der Waals surface area contributed by atoms with Crippen molar-refractivity contribution in [1.82, 2.24) is 0 Å². The van der Waals surface area contributed by atoms with Gasteiger partial charge in [0, 0.05) is 12.7 Å². The van der Waals surface area contributed by atoms with E-state index in [1.165, 1.54) is 7.11 Å². The normalized spacial score (nSPS) is 11.1. The van der Waals surface area contributed by atoms with Crippen molar-refractivity contribution < 1.29 is 14.3 Å². The van der Waals surface area contributed by atoms with Crippen LogP contribution in [0.3, 0.4) is 0 Å². The second-order valence-electron chi connectivity index (χ2n) is 5.22. The molecule has 0 heterocycles. The van der Waals surface area contributed by atoms with E-state index in [9.17, 15) is 4.79 Å². The SMILES string of the molecule is COC(=O)C(C)(C)N(C)c1cc(C)c(OC)cc1C. The van der Waals surface area contributed by atoms with Crippen molar-refractivity contribution in [2.24, 2.45) is 0 Å². The highest BCUT2D eigenvalue weighted by Crippen LogP contribution is 2.31. The molecule has 106 valence electrons. The van der Waals surface area contributed by atoms with E-state index in [0.717, 1.165) is 22.6 Å². The first-order valence-electron chi connectivity index (χ1n) is 6.23. The molecule has 0 aliphatic heterocycles. The van der Waals surface area contributed by atoms with E-state index in [2.05, 4.69) is 0 Å². The average Bonchev–Trinajstić information content (AvgIpc) is 2.38. The first-order valence-corrected chi connectivity index (χ1v) is 6.23. The van der Waals surface area contributed by atoms with Crippen LogP contribution in [-0.4, -0.2) is 32.8 Å². The number of rotatable bonds is 4. The van der Waals surface area contributed by atoms with Crippen LogP contribution in [0, 0.1) is 13.8 Å². The van der Waals surface area contributed by atoms with Crippen LogP contribution in [0.1, 0.15) is 25.0 Å². The topological polar surface area (TPSA) is 38.8 Å². The molecule has 1 rings (SSSR count). The number of hydrogen-bond donors (Lipinski definition) is 0. The lowest BCUT2D eigenvalue weighted by molar-refractivity contribution is -0.145. The lowest BCUT2D eigenvalue weighted by Crippen LogP contribution is -2.49. The van der Waals surface area contributed by atoms with Crippen LogP contribution < -0.4 is 9.64 Å². The van der Waals surface area contributed by atoms with Gasteiger partial charge in [-0.25, -0.2) is 4.79 Å². The molecule has 0 saturated carbocycles. The van der Waals surface area contributed by atoms with Crippen LogP contribution >= 0.6 is 0 Å². The quantitative estimate of drug-likeness (QED) is 0.785. The van der Waals surface area contributed by atoms with Gasteiger partial charge in [-0.05, 0) is 51.0 Å². The number of likely N-dealkylation sites (N-methyl/N-ethyl adjacent to an activating group) is 1. The van der Waals surface area contributed by atoms with Gasteiger partial charge in [-0.1, -0.05) is 0 Å². The third-order valence-electron chi connectivity index (χ3n) is 3.60. The Bertz CT molecular complexity index is 481. The van der Waals surface area contributed by atoms with Crippen LogP contribution in [-0.2, 0) is 9.53 Å². The maximum atomic E-state index is 11.9. The number of esters is 1. The largest absolute Gasteiger partial charge is 0.496 e. The second kappa shape index (κ2) is 5.51. The van der Waals surface area contributed by atoms with E-state index >= 15 is 0 Å². The fraction of sp³-hybridized carbons (Fsp3) is 0.533. The minimum atomic E-state index is -0.722. The molecule has 1 aromatic carbocycles. The standard InChI is InChI=1S/C15H23NO3/c1-10-9-13(18-6)11(2)8-12(10)16(5)15(3,4)14(17)19-7/h8-9H,1-7H3. The third kappa shape index (κ3) is 2.83. The van der Waals surface area contributed by atoms with Gasteiger partial charge in [0.05, 0.1) is 14.2 Å². The molecule has 0 radical (unpaired) electrons. The Morgan fingerprint density at radius 3 is 2.21 bits per heavy atom. The summed E-state index contributed by atoms with van der Waals surface area (Å²) in [5.74, 6) is 0.591. The van der Waals surface area contributed by atoms with Gasteiger partial charge < -0.3 is 14.4 Å². The van der Waals surface area contributed by atoms with Crippen molar-refractivity contribution in [3.8, 4) is 5.75 Å². The first-order chi connectivity index (χ1) is 8.75. The van der Waals surface area contributed by atoms with E-state index in [-0.39, 0.29) is 5.97 Å². The number of hydrogen-bond acceptors (Lipinski definition) is 4. The molecule has 1 aromatic rings. The van der Waals surface area contributed by atoms with Gasteiger partial charge in [-0.2, -0.15) is 0 Å². The van der Waals surface area contributed by atoms with Crippen molar-refractivity contribution in [3.05, 3.63) is 23.3 Å². The summed E-state index contributed by atoms with van der Waals surface area (Å²) in [5.41, 5.74) is 2.37. The van der Waals surface area contributed by atoms with E-state index < -0.39 is 5.54 Å². The Hall–Kier alpha value is -1.71. The number of nitrogens with zero attached hydrogens (tertiary/aromatic N) is 1. The number of aryl methyl sites for hydroxylation is 2. The number of anilines is 1. The molecular formula is C15H23NO3. The number of ether oxygens (including phenoxy) is 2. The fourth-order valence-corrected chi connectivity index (χ4v) is 2.04. The van der Waals surface area contributed by atoms with Gasteiger partial charge in [0.15, 0.2) is 0 Å². The average molecular weight is 265 g/mol. The molecule has 4 heteroatoms. The van der Waals surface area contributed by atoms with Crippen LogP contribution in [0.4, 0.5) is 5.69 Å². The summed E-state index contributed by atoms with van der Waals surface area (Å²) in [6.45, 7) is 7.68. The summed E-state index contributed by atoms with van der Waals surface area (Å²) < 4.78 is 10.2. The lowest BCUT2D eigenvalue weighted by Gasteiger charge is -2.36. The number of carbonyl (C=O) groups excluding carboxylic acids is 1. The smallest absolute Gasteiger partial charge is 0.331 e. The maximum Gasteiger partial charge on any atom is 0.331 e. The summed E-state index contributed by atoms with van der Waals surface area (Å²) >= 11 is 0. The van der Waals surface area contributed by atoms with Crippen molar-refractivity contribution >= 4 is 11.7 Å². The predicted molar refractivity (Wildman–Crippen MR) is 77.0 cm³/mol. The van der Waals surface area contributed by atoms with Crippen molar-refractivity contribution in [3.63, 3.8) is 0 Å². The Morgan fingerprint density at radius 1 is 1.16 bits per heavy atom. The van der Waals surface area contributed by atoms with Gasteiger partial charge in [0.1, 0.15) is 11.3 Å². The lowest BCUT2D eigenvalue weighted by atomic mass is 10.00. The van der Waals surface area contributed by atoms with E-state index in [1.54, 1.807) is 7.11 Å². The Morgan fingerprint density at radius 2 is 1.74 bits per heavy atom. The van der Waals surface area contributed by atoms with E-state index in [0.29, 0.717) is 0 Å². The molecule has 0 atom stereocenters. The van der Waals surface area contributed by atoms with Crippen LogP contribution in [0.15, 0.2) is 12.1 Å². The van der Waals surface area contributed by atoms with Crippen molar-refractivity contribution in [2.75, 3.05) is 26.2 Å². The molecule has 0 aliphatic rings. The Balaban J connectivity index is 3.23. The molecule has 0 spiro atoms. The predicted octanol–water partition coefficient (Wildman–Crippen LogP) is 2.70. The molecule has 0 bridgehead atoms. The molecule has 0 aromatic heterocycles. The van der Waals surface area contributed by atoms with E-state index in [1.807, 2.05) is 51.8 Å². The van der Waals surface area contributed by atoms with Crippen molar-refractivity contribution in [1.29, 1.82) is 0 Å². The minimum absolute atomic E-state index is 0.261. The zero-order valence-corrected chi connectivity index (χ0v) is 12.8. The highest BCUT2D eigenvalue weighted by molar-refractivity contribution is 5.84. The summed E-state index contributed by atoms with van der Waals surface area (Å²) in [6, 6.07) is 4.01. The molecular weight excluding hydrogens is 242 g/mol. The minimum Gasteiger partial charge on any atom is -0.496 e.